The summed E-state index contributed by atoms with van der Waals surface area (Å²) in [6.45, 7) is 2.16. The topological polar surface area (TPSA) is 57.6 Å². The van der Waals surface area contributed by atoms with E-state index in [-0.39, 0.29) is 11.5 Å². The molecular formula is C16H14FNO3. The molecule has 2 rings (SSSR count). The second-order valence-corrected chi connectivity index (χ2v) is 4.41. The Hall–Kier alpha value is -2.69. The molecule has 0 aliphatic carbocycles. The maximum atomic E-state index is 13.3. The number of anilines is 1. The Balaban J connectivity index is 2.30. The molecule has 0 bridgehead atoms. The average molecular weight is 287 g/mol. The standard InChI is InChI=1S/C16H14FNO3/c1-2-18(14-5-3-4-13(17)10-14)15(19)11-6-8-12(9-7-11)16(20)21/h3-10H,2H2,1H3,(H,20,21). The van der Waals surface area contributed by atoms with Gasteiger partial charge in [-0.15, -0.1) is 0 Å². The van der Waals surface area contributed by atoms with Gasteiger partial charge in [0.2, 0.25) is 0 Å². The molecule has 0 aromatic heterocycles. The van der Waals surface area contributed by atoms with Crippen LogP contribution in [-0.2, 0) is 0 Å². The third-order valence-corrected chi connectivity index (χ3v) is 3.06. The van der Waals surface area contributed by atoms with Gasteiger partial charge in [0.25, 0.3) is 5.91 Å². The van der Waals surface area contributed by atoms with Gasteiger partial charge < -0.3 is 10.0 Å². The van der Waals surface area contributed by atoms with Crippen LogP contribution in [0.5, 0.6) is 0 Å². The monoisotopic (exact) mass is 287 g/mol. The minimum atomic E-state index is -1.05. The SMILES string of the molecule is CCN(C(=O)c1ccc(C(=O)O)cc1)c1cccc(F)c1. The first-order valence-corrected chi connectivity index (χ1v) is 6.43. The molecule has 0 saturated carbocycles. The summed E-state index contributed by atoms with van der Waals surface area (Å²) in [5.74, 6) is -1.77. The van der Waals surface area contributed by atoms with Crippen molar-refractivity contribution in [3.05, 3.63) is 65.5 Å². The number of nitrogens with zero attached hydrogens (tertiary/aromatic N) is 1. The van der Waals surface area contributed by atoms with Gasteiger partial charge in [0.1, 0.15) is 5.82 Å². The number of amides is 1. The van der Waals surface area contributed by atoms with Crippen LogP contribution in [0.2, 0.25) is 0 Å². The number of halogens is 1. The van der Waals surface area contributed by atoms with Gasteiger partial charge in [0.05, 0.1) is 5.56 Å². The first kappa shape index (κ1) is 14.7. The quantitative estimate of drug-likeness (QED) is 0.939. The van der Waals surface area contributed by atoms with Crippen LogP contribution in [0.4, 0.5) is 10.1 Å². The molecule has 0 atom stereocenters. The van der Waals surface area contributed by atoms with Gasteiger partial charge >= 0.3 is 5.97 Å². The van der Waals surface area contributed by atoms with Gasteiger partial charge in [-0.1, -0.05) is 6.07 Å². The Morgan fingerprint density at radius 1 is 1.10 bits per heavy atom. The number of carboxylic acid groups (broad SMARTS) is 1. The fraction of sp³-hybridized carbons (Fsp3) is 0.125. The molecule has 0 aliphatic rings. The van der Waals surface area contributed by atoms with Crippen LogP contribution in [0, 0.1) is 5.82 Å². The van der Waals surface area contributed by atoms with Crippen LogP contribution in [0.25, 0.3) is 0 Å². The van der Waals surface area contributed by atoms with Crippen LogP contribution in [0.3, 0.4) is 0 Å². The van der Waals surface area contributed by atoms with Crippen LogP contribution < -0.4 is 4.90 Å². The van der Waals surface area contributed by atoms with E-state index < -0.39 is 11.8 Å². The van der Waals surface area contributed by atoms with E-state index in [4.69, 9.17) is 5.11 Å². The normalized spacial score (nSPS) is 10.2. The van der Waals surface area contributed by atoms with Crippen molar-refractivity contribution in [2.75, 3.05) is 11.4 Å². The predicted molar refractivity (Wildman–Crippen MR) is 77.2 cm³/mol. The first-order chi connectivity index (χ1) is 10.0. The largest absolute Gasteiger partial charge is 0.478 e. The summed E-state index contributed by atoms with van der Waals surface area (Å²) < 4.78 is 13.3. The highest BCUT2D eigenvalue weighted by Gasteiger charge is 2.17. The summed E-state index contributed by atoms with van der Waals surface area (Å²) in [5, 5.41) is 8.84. The second kappa shape index (κ2) is 6.17. The fourth-order valence-corrected chi connectivity index (χ4v) is 2.00. The van der Waals surface area contributed by atoms with Crippen molar-refractivity contribution in [2.24, 2.45) is 0 Å². The van der Waals surface area contributed by atoms with Crippen molar-refractivity contribution < 1.29 is 19.1 Å². The summed E-state index contributed by atoms with van der Waals surface area (Å²) in [6, 6.07) is 11.4. The van der Waals surface area contributed by atoms with Crippen LogP contribution in [0.1, 0.15) is 27.6 Å². The number of rotatable bonds is 4. The van der Waals surface area contributed by atoms with E-state index in [1.807, 2.05) is 0 Å². The Labute approximate surface area is 121 Å². The van der Waals surface area contributed by atoms with E-state index in [1.165, 1.54) is 47.4 Å². The van der Waals surface area contributed by atoms with E-state index in [9.17, 15) is 14.0 Å². The highest BCUT2D eigenvalue weighted by molar-refractivity contribution is 6.06. The molecule has 4 nitrogen and oxygen atoms in total. The second-order valence-electron chi connectivity index (χ2n) is 4.41. The first-order valence-electron chi connectivity index (χ1n) is 6.43. The molecule has 0 saturated heterocycles. The average Bonchev–Trinajstić information content (AvgIpc) is 2.48. The van der Waals surface area contributed by atoms with E-state index >= 15 is 0 Å². The van der Waals surface area contributed by atoms with E-state index in [2.05, 4.69) is 0 Å². The van der Waals surface area contributed by atoms with Crippen molar-refractivity contribution in [3.8, 4) is 0 Å². The number of carboxylic acids is 1. The van der Waals surface area contributed by atoms with Gasteiger partial charge in [-0.25, -0.2) is 9.18 Å². The lowest BCUT2D eigenvalue weighted by molar-refractivity contribution is 0.0696. The molecule has 1 amide bonds. The molecule has 108 valence electrons. The molecular weight excluding hydrogens is 273 g/mol. The molecule has 0 unspecified atom stereocenters. The van der Waals surface area contributed by atoms with Crippen molar-refractivity contribution >= 4 is 17.6 Å². The van der Waals surface area contributed by atoms with E-state index in [0.717, 1.165) is 0 Å². The van der Waals surface area contributed by atoms with Crippen LogP contribution in [-0.4, -0.2) is 23.5 Å². The van der Waals surface area contributed by atoms with E-state index in [1.54, 1.807) is 13.0 Å². The third kappa shape index (κ3) is 3.25. The molecule has 0 heterocycles. The van der Waals surface area contributed by atoms with Crippen molar-refractivity contribution in [3.63, 3.8) is 0 Å². The van der Waals surface area contributed by atoms with Crippen LogP contribution >= 0.6 is 0 Å². The number of aromatic carboxylic acids is 1. The minimum absolute atomic E-state index is 0.111. The van der Waals surface area contributed by atoms with Crippen molar-refractivity contribution in [1.29, 1.82) is 0 Å². The Morgan fingerprint density at radius 2 is 1.71 bits per heavy atom. The lowest BCUT2D eigenvalue weighted by Crippen LogP contribution is -2.30. The van der Waals surface area contributed by atoms with Crippen molar-refractivity contribution in [1.82, 2.24) is 0 Å². The number of hydrogen-bond donors (Lipinski definition) is 1. The maximum Gasteiger partial charge on any atom is 0.335 e. The number of benzene rings is 2. The maximum absolute atomic E-state index is 13.3. The molecule has 0 aliphatic heterocycles. The zero-order chi connectivity index (χ0) is 15.4. The Morgan fingerprint density at radius 3 is 2.24 bits per heavy atom. The van der Waals surface area contributed by atoms with Crippen molar-refractivity contribution in [2.45, 2.75) is 6.92 Å². The molecule has 0 spiro atoms. The summed E-state index contributed by atoms with van der Waals surface area (Å²) in [7, 11) is 0. The molecule has 0 radical (unpaired) electrons. The molecule has 5 heteroatoms. The molecule has 0 fully saturated rings. The molecule has 1 N–H and O–H groups in total. The van der Waals surface area contributed by atoms with Crippen LogP contribution in [0.15, 0.2) is 48.5 Å². The van der Waals surface area contributed by atoms with E-state index in [0.29, 0.717) is 17.8 Å². The third-order valence-electron chi connectivity index (χ3n) is 3.06. The van der Waals surface area contributed by atoms with Gasteiger partial charge in [-0.05, 0) is 49.4 Å². The summed E-state index contributed by atoms with van der Waals surface area (Å²) >= 11 is 0. The number of carbonyl (C=O) groups excluding carboxylic acids is 1. The predicted octanol–water partition coefficient (Wildman–Crippen LogP) is 3.19. The highest BCUT2D eigenvalue weighted by Crippen LogP contribution is 2.18. The zero-order valence-electron chi connectivity index (χ0n) is 11.4. The summed E-state index contributed by atoms with van der Waals surface area (Å²) in [5.41, 5.74) is 0.927. The smallest absolute Gasteiger partial charge is 0.335 e. The summed E-state index contributed by atoms with van der Waals surface area (Å²) in [4.78, 5) is 24.6. The Kier molecular flexibility index (Phi) is 4.33. The lowest BCUT2D eigenvalue weighted by atomic mass is 10.1. The molecule has 2 aromatic carbocycles. The molecule has 2 aromatic rings. The number of carbonyl (C=O) groups is 2. The minimum Gasteiger partial charge on any atom is -0.478 e. The van der Waals surface area contributed by atoms with Gasteiger partial charge in [0, 0.05) is 17.8 Å². The van der Waals surface area contributed by atoms with Gasteiger partial charge in [-0.3, -0.25) is 4.79 Å². The molecule has 21 heavy (non-hydrogen) atoms. The highest BCUT2D eigenvalue weighted by atomic mass is 19.1. The fourth-order valence-electron chi connectivity index (χ4n) is 2.00. The van der Waals surface area contributed by atoms with Gasteiger partial charge in [-0.2, -0.15) is 0 Å². The Bertz CT molecular complexity index is 667. The summed E-state index contributed by atoms with van der Waals surface area (Å²) in [6.07, 6.45) is 0. The lowest BCUT2D eigenvalue weighted by Gasteiger charge is -2.21. The van der Waals surface area contributed by atoms with Gasteiger partial charge in [0.15, 0.2) is 0 Å². The number of hydrogen-bond acceptors (Lipinski definition) is 2. The zero-order valence-corrected chi connectivity index (χ0v) is 11.4.